The lowest BCUT2D eigenvalue weighted by Crippen LogP contribution is -2.71. The third-order valence-corrected chi connectivity index (χ3v) is 5.52. The Bertz CT molecular complexity index is 751. The van der Waals surface area contributed by atoms with Crippen LogP contribution in [0.5, 0.6) is 0 Å². The Morgan fingerprint density at radius 2 is 2.04 bits per heavy atom. The van der Waals surface area contributed by atoms with Crippen LogP contribution in [0.2, 0.25) is 0 Å². The molecule has 3 rings (SSSR count). The topological polar surface area (TPSA) is 133 Å². The highest BCUT2D eigenvalue weighted by Crippen LogP contribution is 2.40. The van der Waals surface area contributed by atoms with Crippen LogP contribution >= 0.6 is 11.8 Å². The number of nitrogens with zero attached hydrogens (tertiary/aromatic N) is 1. The van der Waals surface area contributed by atoms with Gasteiger partial charge in [0.15, 0.2) is 0 Å². The summed E-state index contributed by atoms with van der Waals surface area (Å²) in [5.74, 6) is -2.01. The van der Waals surface area contributed by atoms with Gasteiger partial charge in [0.05, 0.1) is 6.61 Å². The van der Waals surface area contributed by atoms with Crippen molar-refractivity contribution >= 4 is 29.5 Å². The Balaban J connectivity index is 1.73. The molecule has 1 fully saturated rings. The quantitative estimate of drug-likeness (QED) is 0.514. The molecule has 2 aliphatic heterocycles. The number of benzene rings is 1. The van der Waals surface area contributed by atoms with Crippen molar-refractivity contribution in [3.8, 4) is 0 Å². The van der Waals surface area contributed by atoms with Crippen LogP contribution in [0.15, 0.2) is 41.6 Å². The number of aliphatic hydroxyl groups is 1. The first kappa shape index (κ1) is 17.5. The standard InChI is InChI=1S/C16H17N3O5S/c17-10(8-4-2-1-3-5-8)13(21)18-11-14(22)19-12(16(23)24)9(6-20)7-25-15(11)19/h1-5,10-11,15,20H,6-7,17H2,(H,18,21)(H,23,24)/t10?,11-,15+/m0/s1. The molecular formula is C16H17N3O5S. The molecule has 0 aromatic heterocycles. The van der Waals surface area contributed by atoms with E-state index in [2.05, 4.69) is 5.32 Å². The van der Waals surface area contributed by atoms with Crippen LogP contribution < -0.4 is 11.1 Å². The van der Waals surface area contributed by atoms with E-state index in [0.717, 1.165) is 4.90 Å². The van der Waals surface area contributed by atoms with Crippen LogP contribution in [-0.4, -0.2) is 56.7 Å². The molecule has 2 amide bonds. The molecule has 1 unspecified atom stereocenters. The fourth-order valence-electron chi connectivity index (χ4n) is 2.86. The summed E-state index contributed by atoms with van der Waals surface area (Å²) in [4.78, 5) is 37.2. The smallest absolute Gasteiger partial charge is 0.352 e. The van der Waals surface area contributed by atoms with Crippen LogP contribution in [0.25, 0.3) is 0 Å². The summed E-state index contributed by atoms with van der Waals surface area (Å²) in [6, 6.07) is 7.01. The molecular weight excluding hydrogens is 346 g/mol. The molecule has 5 N–H and O–H groups in total. The molecule has 2 aliphatic rings. The zero-order valence-corrected chi connectivity index (χ0v) is 13.9. The summed E-state index contributed by atoms with van der Waals surface area (Å²) in [5.41, 5.74) is 6.62. The second-order valence-electron chi connectivity index (χ2n) is 5.70. The molecule has 1 aromatic carbocycles. The number of rotatable bonds is 5. The number of β-lactam (4-membered cyclic amide) rings is 1. The van der Waals surface area contributed by atoms with Crippen molar-refractivity contribution in [2.75, 3.05) is 12.4 Å². The normalized spacial score (nSPS) is 23.6. The number of nitrogens with two attached hydrogens (primary N) is 1. The minimum atomic E-state index is -1.27. The van der Waals surface area contributed by atoms with E-state index in [-0.39, 0.29) is 17.0 Å². The lowest BCUT2D eigenvalue weighted by Gasteiger charge is -2.49. The summed E-state index contributed by atoms with van der Waals surface area (Å²) in [5, 5.41) is 20.7. The number of fused-ring (bicyclic) bond motifs is 1. The molecule has 1 aromatic rings. The van der Waals surface area contributed by atoms with Gasteiger partial charge >= 0.3 is 5.97 Å². The van der Waals surface area contributed by atoms with Gasteiger partial charge in [-0.1, -0.05) is 30.3 Å². The lowest BCUT2D eigenvalue weighted by atomic mass is 10.0. The van der Waals surface area contributed by atoms with Gasteiger partial charge in [-0.2, -0.15) is 0 Å². The average Bonchev–Trinajstić information content (AvgIpc) is 2.64. The Kier molecular flexibility index (Phi) is 4.80. The van der Waals surface area contributed by atoms with E-state index >= 15 is 0 Å². The van der Waals surface area contributed by atoms with Crippen LogP contribution in [0, 0.1) is 0 Å². The molecule has 0 aliphatic carbocycles. The molecule has 25 heavy (non-hydrogen) atoms. The average molecular weight is 363 g/mol. The second kappa shape index (κ2) is 6.87. The van der Waals surface area contributed by atoms with Crippen molar-refractivity contribution in [1.29, 1.82) is 0 Å². The van der Waals surface area contributed by atoms with Crippen LogP contribution in [0.4, 0.5) is 0 Å². The fraction of sp³-hybridized carbons (Fsp3) is 0.312. The minimum Gasteiger partial charge on any atom is -0.477 e. The lowest BCUT2D eigenvalue weighted by molar-refractivity contribution is -0.151. The largest absolute Gasteiger partial charge is 0.477 e. The molecule has 9 heteroatoms. The maximum atomic E-state index is 12.3. The zero-order valence-electron chi connectivity index (χ0n) is 13.1. The van der Waals surface area contributed by atoms with Gasteiger partial charge in [-0.3, -0.25) is 14.5 Å². The number of hydrogen-bond donors (Lipinski definition) is 4. The molecule has 0 bridgehead atoms. The molecule has 1 saturated heterocycles. The Morgan fingerprint density at radius 1 is 1.36 bits per heavy atom. The van der Waals surface area contributed by atoms with Crippen molar-refractivity contribution in [2.24, 2.45) is 5.73 Å². The van der Waals surface area contributed by atoms with Gasteiger partial charge in [0, 0.05) is 5.75 Å². The van der Waals surface area contributed by atoms with Gasteiger partial charge in [0.25, 0.3) is 5.91 Å². The number of carboxylic acids is 1. The molecule has 3 atom stereocenters. The van der Waals surface area contributed by atoms with Crippen molar-refractivity contribution in [2.45, 2.75) is 17.5 Å². The first-order valence-electron chi connectivity index (χ1n) is 7.57. The Hall–Kier alpha value is -2.36. The highest BCUT2D eigenvalue weighted by molar-refractivity contribution is 8.00. The second-order valence-corrected chi connectivity index (χ2v) is 6.80. The highest BCUT2D eigenvalue weighted by atomic mass is 32.2. The summed E-state index contributed by atoms with van der Waals surface area (Å²) in [7, 11) is 0. The van der Waals surface area contributed by atoms with Gasteiger partial charge in [-0.05, 0) is 11.1 Å². The first-order chi connectivity index (χ1) is 12.0. The van der Waals surface area contributed by atoms with Crippen molar-refractivity contribution in [1.82, 2.24) is 10.2 Å². The Labute approximate surface area is 147 Å². The molecule has 8 nitrogen and oxygen atoms in total. The Morgan fingerprint density at radius 3 is 2.64 bits per heavy atom. The van der Waals surface area contributed by atoms with Crippen LogP contribution in [-0.2, 0) is 14.4 Å². The van der Waals surface area contributed by atoms with Gasteiger partial charge in [-0.15, -0.1) is 11.8 Å². The van der Waals surface area contributed by atoms with Crippen molar-refractivity contribution in [3.05, 3.63) is 47.2 Å². The minimum absolute atomic E-state index is 0.200. The number of carbonyl (C=O) groups is 3. The number of carboxylic acid groups (broad SMARTS) is 1. The van der Waals surface area contributed by atoms with Gasteiger partial charge in [-0.25, -0.2) is 4.79 Å². The SMILES string of the molecule is NC(C(=O)N[C@H]1C(=O)N2C(C(=O)O)=C(CO)CS[C@H]12)c1ccccc1. The van der Waals surface area contributed by atoms with E-state index < -0.39 is 41.8 Å². The predicted octanol–water partition coefficient (Wildman–Crippen LogP) is -0.583. The van der Waals surface area contributed by atoms with E-state index in [9.17, 15) is 24.6 Å². The predicted molar refractivity (Wildman–Crippen MR) is 90.1 cm³/mol. The van der Waals surface area contributed by atoms with E-state index in [1.54, 1.807) is 30.3 Å². The zero-order chi connectivity index (χ0) is 18.1. The number of aliphatic carboxylic acids is 1. The third kappa shape index (κ3) is 3.01. The van der Waals surface area contributed by atoms with Crippen LogP contribution in [0.3, 0.4) is 0 Å². The summed E-state index contributed by atoms with van der Waals surface area (Å²) in [6.45, 7) is -0.430. The van der Waals surface area contributed by atoms with Gasteiger partial charge in [0.1, 0.15) is 23.2 Å². The molecule has 2 heterocycles. The maximum absolute atomic E-state index is 12.3. The van der Waals surface area contributed by atoms with E-state index in [4.69, 9.17) is 5.73 Å². The molecule has 132 valence electrons. The number of carbonyl (C=O) groups excluding carboxylic acids is 2. The van der Waals surface area contributed by atoms with Gasteiger partial charge < -0.3 is 21.3 Å². The number of thioether (sulfide) groups is 1. The first-order valence-corrected chi connectivity index (χ1v) is 8.62. The number of amides is 2. The molecule has 0 radical (unpaired) electrons. The van der Waals surface area contributed by atoms with Gasteiger partial charge in [0.2, 0.25) is 5.91 Å². The number of nitrogens with one attached hydrogen (secondary N) is 1. The molecule has 0 saturated carbocycles. The fourth-order valence-corrected chi connectivity index (χ4v) is 4.19. The van der Waals surface area contributed by atoms with Crippen molar-refractivity contribution < 1.29 is 24.6 Å². The highest BCUT2D eigenvalue weighted by Gasteiger charge is 2.54. The summed E-state index contributed by atoms with van der Waals surface area (Å²) < 4.78 is 0. The number of aliphatic hydroxyl groups excluding tert-OH is 1. The molecule has 0 spiro atoms. The van der Waals surface area contributed by atoms with E-state index in [1.807, 2.05) is 0 Å². The third-order valence-electron chi connectivity index (χ3n) is 4.18. The monoisotopic (exact) mass is 363 g/mol. The summed E-state index contributed by atoms with van der Waals surface area (Å²) in [6.07, 6.45) is 0. The maximum Gasteiger partial charge on any atom is 0.352 e. The van der Waals surface area contributed by atoms with Crippen molar-refractivity contribution in [3.63, 3.8) is 0 Å². The summed E-state index contributed by atoms with van der Waals surface area (Å²) >= 11 is 1.30. The van der Waals surface area contributed by atoms with E-state index in [0.29, 0.717) is 5.56 Å². The number of hydrogen-bond acceptors (Lipinski definition) is 6. The van der Waals surface area contributed by atoms with E-state index in [1.165, 1.54) is 11.8 Å². The van der Waals surface area contributed by atoms with Crippen LogP contribution in [0.1, 0.15) is 11.6 Å².